The minimum atomic E-state index is 0.776. The molecular weight excluding hydrogens is 196 g/mol. The number of aromatic nitrogens is 1. The van der Waals surface area contributed by atoms with Gasteiger partial charge < -0.3 is 5.32 Å². The Morgan fingerprint density at radius 3 is 2.44 bits per heavy atom. The van der Waals surface area contributed by atoms with Gasteiger partial charge in [-0.1, -0.05) is 24.3 Å². The fraction of sp³-hybridized carbons (Fsp3) is 0.214. The Bertz CT molecular complexity index is 458. The van der Waals surface area contributed by atoms with Crippen LogP contribution in [-0.2, 0) is 0 Å². The van der Waals surface area contributed by atoms with E-state index in [1.165, 1.54) is 18.4 Å². The van der Waals surface area contributed by atoms with Crippen molar-refractivity contribution in [2.45, 2.75) is 18.8 Å². The number of nitrogens with zero attached hydrogens (tertiary/aromatic N) is 1. The molecule has 80 valence electrons. The van der Waals surface area contributed by atoms with Crippen LogP contribution in [0.25, 0.3) is 0 Å². The van der Waals surface area contributed by atoms with Crippen LogP contribution in [0.2, 0.25) is 0 Å². The minimum absolute atomic E-state index is 0.776. The zero-order valence-electron chi connectivity index (χ0n) is 9.06. The normalized spacial score (nSPS) is 14.8. The van der Waals surface area contributed by atoms with Crippen molar-refractivity contribution in [3.63, 3.8) is 0 Å². The van der Waals surface area contributed by atoms with Crippen molar-refractivity contribution in [3.8, 4) is 0 Å². The van der Waals surface area contributed by atoms with Crippen molar-refractivity contribution < 1.29 is 0 Å². The molecule has 1 fully saturated rings. The van der Waals surface area contributed by atoms with Crippen molar-refractivity contribution in [3.05, 3.63) is 54.2 Å². The molecular formula is C14H14N2. The predicted molar refractivity (Wildman–Crippen MR) is 65.9 cm³/mol. The molecule has 1 aromatic carbocycles. The number of hydrogen-bond acceptors (Lipinski definition) is 2. The van der Waals surface area contributed by atoms with E-state index in [2.05, 4.69) is 22.4 Å². The molecule has 0 amide bonds. The largest absolute Gasteiger partial charge is 0.340 e. The predicted octanol–water partition coefficient (Wildman–Crippen LogP) is 3.70. The molecule has 0 atom stereocenters. The van der Waals surface area contributed by atoms with Crippen LogP contribution in [0.3, 0.4) is 0 Å². The van der Waals surface area contributed by atoms with Crippen molar-refractivity contribution in [1.29, 1.82) is 0 Å². The van der Waals surface area contributed by atoms with E-state index in [9.17, 15) is 0 Å². The van der Waals surface area contributed by atoms with Gasteiger partial charge in [0.1, 0.15) is 5.82 Å². The highest BCUT2D eigenvalue weighted by Gasteiger charge is 2.23. The van der Waals surface area contributed by atoms with Crippen molar-refractivity contribution >= 4 is 11.5 Å². The summed E-state index contributed by atoms with van der Waals surface area (Å²) in [7, 11) is 0. The lowest BCUT2D eigenvalue weighted by atomic mass is 10.2. The van der Waals surface area contributed by atoms with Gasteiger partial charge in [0.2, 0.25) is 0 Å². The molecule has 0 unspecified atom stereocenters. The first kappa shape index (κ1) is 9.40. The van der Waals surface area contributed by atoms with Gasteiger partial charge in [0.15, 0.2) is 0 Å². The highest BCUT2D eigenvalue weighted by atomic mass is 15.0. The second kappa shape index (κ2) is 3.97. The van der Waals surface area contributed by atoms with E-state index in [-0.39, 0.29) is 0 Å². The highest BCUT2D eigenvalue weighted by Crippen LogP contribution is 2.39. The first-order chi connectivity index (χ1) is 7.92. The third-order valence-electron chi connectivity index (χ3n) is 2.88. The van der Waals surface area contributed by atoms with Crippen LogP contribution in [0.4, 0.5) is 11.5 Å². The average molecular weight is 210 g/mol. The summed E-state index contributed by atoms with van der Waals surface area (Å²) in [5.74, 6) is 1.69. The molecule has 2 nitrogen and oxygen atoms in total. The zero-order valence-corrected chi connectivity index (χ0v) is 9.06. The number of rotatable bonds is 3. The Kier molecular flexibility index (Phi) is 2.33. The van der Waals surface area contributed by atoms with Gasteiger partial charge in [0.05, 0.1) is 0 Å². The third-order valence-corrected chi connectivity index (χ3v) is 2.88. The van der Waals surface area contributed by atoms with Gasteiger partial charge in [-0.15, -0.1) is 0 Å². The molecule has 3 rings (SSSR count). The number of nitrogens with one attached hydrogen (secondary N) is 1. The second-order valence-electron chi connectivity index (χ2n) is 4.24. The second-order valence-corrected chi connectivity index (χ2v) is 4.24. The van der Waals surface area contributed by atoms with Gasteiger partial charge in [-0.05, 0) is 42.5 Å². The molecule has 0 spiro atoms. The van der Waals surface area contributed by atoms with Crippen LogP contribution in [-0.4, -0.2) is 4.98 Å². The van der Waals surface area contributed by atoms with Crippen molar-refractivity contribution in [2.24, 2.45) is 0 Å². The third kappa shape index (κ3) is 2.06. The summed E-state index contributed by atoms with van der Waals surface area (Å²) in [4.78, 5) is 4.42. The molecule has 1 aromatic heterocycles. The average Bonchev–Trinajstić information content (AvgIpc) is 3.15. The van der Waals surface area contributed by atoms with Gasteiger partial charge in [0, 0.05) is 11.9 Å². The standard InChI is InChI=1S/C14H14N2/c1-2-4-13(5-3-1)16-14-9-8-12(10-15-14)11-6-7-11/h1-5,8-11H,6-7H2,(H,15,16). The summed E-state index contributed by atoms with van der Waals surface area (Å²) in [6.45, 7) is 0. The smallest absolute Gasteiger partial charge is 0.130 e. The van der Waals surface area contributed by atoms with Gasteiger partial charge in [-0.25, -0.2) is 4.98 Å². The van der Waals surface area contributed by atoms with E-state index in [4.69, 9.17) is 0 Å². The van der Waals surface area contributed by atoms with E-state index in [0.29, 0.717) is 0 Å². The molecule has 1 heterocycles. The fourth-order valence-electron chi connectivity index (χ4n) is 1.81. The van der Waals surface area contributed by atoms with Gasteiger partial charge in [-0.2, -0.15) is 0 Å². The molecule has 2 aromatic rings. The maximum absolute atomic E-state index is 4.42. The molecule has 0 radical (unpaired) electrons. The number of pyridine rings is 1. The molecule has 1 aliphatic carbocycles. The molecule has 0 bridgehead atoms. The number of para-hydroxylation sites is 1. The van der Waals surface area contributed by atoms with E-state index >= 15 is 0 Å². The van der Waals surface area contributed by atoms with Crippen LogP contribution < -0.4 is 5.32 Å². The molecule has 0 aliphatic heterocycles. The Labute approximate surface area is 95.3 Å². The molecule has 1 saturated carbocycles. The van der Waals surface area contributed by atoms with E-state index in [0.717, 1.165) is 17.4 Å². The highest BCUT2D eigenvalue weighted by molar-refractivity contribution is 5.55. The SMILES string of the molecule is c1ccc(Nc2ccc(C3CC3)cn2)cc1. The first-order valence-corrected chi connectivity index (χ1v) is 5.70. The van der Waals surface area contributed by atoms with E-state index < -0.39 is 0 Å². The molecule has 1 aliphatic rings. The van der Waals surface area contributed by atoms with Gasteiger partial charge >= 0.3 is 0 Å². The lowest BCUT2D eigenvalue weighted by Gasteiger charge is -2.05. The molecule has 0 saturated heterocycles. The number of benzene rings is 1. The Balaban J connectivity index is 1.75. The summed E-state index contributed by atoms with van der Waals surface area (Å²) in [5, 5.41) is 3.28. The van der Waals surface area contributed by atoms with Crippen LogP contribution in [0.5, 0.6) is 0 Å². The maximum atomic E-state index is 4.42. The summed E-state index contributed by atoms with van der Waals surface area (Å²) < 4.78 is 0. The number of hydrogen-bond donors (Lipinski definition) is 1. The summed E-state index contributed by atoms with van der Waals surface area (Å²) in [5.41, 5.74) is 2.45. The minimum Gasteiger partial charge on any atom is -0.340 e. The van der Waals surface area contributed by atoms with E-state index in [1.807, 2.05) is 36.5 Å². The fourth-order valence-corrected chi connectivity index (χ4v) is 1.81. The quantitative estimate of drug-likeness (QED) is 0.835. The van der Waals surface area contributed by atoms with Crippen LogP contribution >= 0.6 is 0 Å². The Hall–Kier alpha value is -1.83. The molecule has 1 N–H and O–H groups in total. The topological polar surface area (TPSA) is 24.9 Å². The monoisotopic (exact) mass is 210 g/mol. The summed E-state index contributed by atoms with van der Waals surface area (Å²) >= 11 is 0. The van der Waals surface area contributed by atoms with Gasteiger partial charge in [0.25, 0.3) is 0 Å². The summed E-state index contributed by atoms with van der Waals surface area (Å²) in [6.07, 6.45) is 4.64. The zero-order chi connectivity index (χ0) is 10.8. The van der Waals surface area contributed by atoms with Crippen molar-refractivity contribution in [2.75, 3.05) is 5.32 Å². The first-order valence-electron chi connectivity index (χ1n) is 5.70. The van der Waals surface area contributed by atoms with Crippen LogP contribution in [0.1, 0.15) is 24.3 Å². The van der Waals surface area contributed by atoms with Crippen LogP contribution in [0, 0.1) is 0 Å². The maximum Gasteiger partial charge on any atom is 0.130 e. The van der Waals surface area contributed by atoms with E-state index in [1.54, 1.807) is 0 Å². The van der Waals surface area contributed by atoms with Crippen molar-refractivity contribution in [1.82, 2.24) is 4.98 Å². The Morgan fingerprint density at radius 2 is 1.81 bits per heavy atom. The lowest BCUT2D eigenvalue weighted by molar-refractivity contribution is 1.09. The van der Waals surface area contributed by atoms with Crippen LogP contribution in [0.15, 0.2) is 48.7 Å². The number of anilines is 2. The lowest BCUT2D eigenvalue weighted by Crippen LogP contribution is -1.93. The molecule has 16 heavy (non-hydrogen) atoms. The summed E-state index contributed by atoms with van der Waals surface area (Å²) in [6, 6.07) is 14.3. The molecule has 2 heteroatoms. The van der Waals surface area contributed by atoms with Gasteiger partial charge in [-0.3, -0.25) is 0 Å². The Morgan fingerprint density at radius 1 is 1.00 bits per heavy atom.